The molecule has 0 saturated carbocycles. The molecule has 0 amide bonds. The van der Waals surface area contributed by atoms with Crippen LogP contribution >= 0.6 is 0 Å². The van der Waals surface area contributed by atoms with E-state index in [1.54, 1.807) is 12.1 Å². The van der Waals surface area contributed by atoms with E-state index in [0.717, 1.165) is 39.4 Å². The molecule has 1 saturated heterocycles. The molecule has 8 heteroatoms. The van der Waals surface area contributed by atoms with Crippen molar-refractivity contribution in [3.05, 3.63) is 36.3 Å². The van der Waals surface area contributed by atoms with Crippen LogP contribution in [-0.2, 0) is 4.74 Å². The SMILES string of the molecule is Fc1cccc(Nc2cnnc(NCCN3CCOCC3)n2)c1. The van der Waals surface area contributed by atoms with E-state index in [1.165, 1.54) is 18.3 Å². The van der Waals surface area contributed by atoms with Crippen LogP contribution in [0.2, 0.25) is 0 Å². The second kappa shape index (κ2) is 7.80. The van der Waals surface area contributed by atoms with E-state index in [4.69, 9.17) is 4.74 Å². The maximum Gasteiger partial charge on any atom is 0.244 e. The van der Waals surface area contributed by atoms with Crippen molar-refractivity contribution >= 4 is 17.5 Å². The average molecular weight is 318 g/mol. The van der Waals surface area contributed by atoms with E-state index in [-0.39, 0.29) is 5.82 Å². The third-order valence-electron chi connectivity index (χ3n) is 3.47. The first-order chi connectivity index (χ1) is 11.3. The average Bonchev–Trinajstić information content (AvgIpc) is 2.56. The van der Waals surface area contributed by atoms with E-state index in [2.05, 4.69) is 30.7 Å². The number of anilines is 3. The number of hydrogen-bond acceptors (Lipinski definition) is 7. The summed E-state index contributed by atoms with van der Waals surface area (Å²) in [5.41, 5.74) is 0.616. The van der Waals surface area contributed by atoms with Gasteiger partial charge in [-0.2, -0.15) is 10.1 Å². The molecular formula is C15H19FN6O. The van der Waals surface area contributed by atoms with Crippen molar-refractivity contribution in [3.8, 4) is 0 Å². The van der Waals surface area contributed by atoms with Gasteiger partial charge in [-0.15, -0.1) is 5.10 Å². The van der Waals surface area contributed by atoms with Crippen LogP contribution in [0.1, 0.15) is 0 Å². The standard InChI is InChI=1S/C15H19FN6O/c16-12-2-1-3-13(10-12)19-14-11-18-21-15(20-14)17-4-5-22-6-8-23-9-7-22/h1-3,10-11H,4-9H2,(H2,17,19,20,21). The minimum Gasteiger partial charge on any atom is -0.379 e. The van der Waals surface area contributed by atoms with Crippen molar-refractivity contribution in [1.82, 2.24) is 20.1 Å². The fraction of sp³-hybridized carbons (Fsp3) is 0.400. The van der Waals surface area contributed by atoms with Crippen LogP contribution in [0.5, 0.6) is 0 Å². The monoisotopic (exact) mass is 318 g/mol. The van der Waals surface area contributed by atoms with Crippen LogP contribution in [0.4, 0.5) is 21.8 Å². The second-order valence-electron chi connectivity index (χ2n) is 5.18. The van der Waals surface area contributed by atoms with Gasteiger partial charge in [0.25, 0.3) is 0 Å². The number of ether oxygens (including phenoxy) is 1. The molecule has 0 spiro atoms. The van der Waals surface area contributed by atoms with Crippen LogP contribution < -0.4 is 10.6 Å². The Labute approximate surface area is 133 Å². The molecule has 0 unspecified atom stereocenters. The highest BCUT2D eigenvalue weighted by molar-refractivity contribution is 5.55. The number of nitrogens with zero attached hydrogens (tertiary/aromatic N) is 4. The number of aromatic nitrogens is 3. The number of nitrogens with one attached hydrogen (secondary N) is 2. The van der Waals surface area contributed by atoms with Crippen LogP contribution in [0, 0.1) is 5.82 Å². The third-order valence-corrected chi connectivity index (χ3v) is 3.47. The summed E-state index contributed by atoms with van der Waals surface area (Å²) in [6, 6.07) is 6.18. The Morgan fingerprint density at radius 2 is 2.13 bits per heavy atom. The molecule has 1 aliphatic rings. The van der Waals surface area contributed by atoms with Gasteiger partial charge in [0.05, 0.1) is 19.4 Å². The number of morpholine rings is 1. The lowest BCUT2D eigenvalue weighted by molar-refractivity contribution is 0.0398. The van der Waals surface area contributed by atoms with E-state index in [9.17, 15) is 4.39 Å². The Morgan fingerprint density at radius 3 is 2.96 bits per heavy atom. The van der Waals surface area contributed by atoms with E-state index < -0.39 is 0 Å². The highest BCUT2D eigenvalue weighted by Crippen LogP contribution is 2.15. The zero-order chi connectivity index (χ0) is 15.9. The zero-order valence-electron chi connectivity index (χ0n) is 12.7. The Bertz CT molecular complexity index is 635. The molecular weight excluding hydrogens is 299 g/mol. The topological polar surface area (TPSA) is 75.2 Å². The predicted molar refractivity (Wildman–Crippen MR) is 85.3 cm³/mol. The Morgan fingerprint density at radius 1 is 1.26 bits per heavy atom. The molecule has 0 bridgehead atoms. The maximum absolute atomic E-state index is 13.2. The fourth-order valence-electron chi connectivity index (χ4n) is 2.30. The summed E-state index contributed by atoms with van der Waals surface area (Å²) < 4.78 is 18.5. The van der Waals surface area contributed by atoms with Crippen LogP contribution in [0.15, 0.2) is 30.5 Å². The van der Waals surface area contributed by atoms with E-state index >= 15 is 0 Å². The highest BCUT2D eigenvalue weighted by atomic mass is 19.1. The Balaban J connectivity index is 1.52. The Hall–Kier alpha value is -2.32. The number of hydrogen-bond donors (Lipinski definition) is 2. The van der Waals surface area contributed by atoms with Gasteiger partial charge >= 0.3 is 0 Å². The lowest BCUT2D eigenvalue weighted by atomic mass is 10.3. The maximum atomic E-state index is 13.2. The van der Waals surface area contributed by atoms with Crippen LogP contribution in [0.25, 0.3) is 0 Å². The number of benzene rings is 1. The van der Waals surface area contributed by atoms with Gasteiger partial charge in [0.2, 0.25) is 5.95 Å². The van der Waals surface area contributed by atoms with Crippen LogP contribution in [-0.4, -0.2) is 59.5 Å². The first-order valence-corrected chi connectivity index (χ1v) is 7.56. The summed E-state index contributed by atoms with van der Waals surface area (Å²) >= 11 is 0. The first-order valence-electron chi connectivity index (χ1n) is 7.56. The van der Waals surface area contributed by atoms with Gasteiger partial charge in [-0.1, -0.05) is 6.07 Å². The van der Waals surface area contributed by atoms with Gasteiger partial charge in [-0.3, -0.25) is 4.90 Å². The van der Waals surface area contributed by atoms with E-state index in [0.29, 0.717) is 17.5 Å². The van der Waals surface area contributed by atoms with Crippen molar-refractivity contribution in [1.29, 1.82) is 0 Å². The molecule has 23 heavy (non-hydrogen) atoms. The summed E-state index contributed by atoms with van der Waals surface area (Å²) in [6.07, 6.45) is 1.50. The third kappa shape index (κ3) is 4.83. The summed E-state index contributed by atoms with van der Waals surface area (Å²) in [7, 11) is 0. The lowest BCUT2D eigenvalue weighted by Gasteiger charge is -2.26. The first kappa shape index (κ1) is 15.6. The number of halogens is 1. The predicted octanol–water partition coefficient (Wildman–Crippen LogP) is 1.50. The van der Waals surface area contributed by atoms with Gasteiger partial charge in [-0.25, -0.2) is 4.39 Å². The molecule has 3 rings (SSSR count). The zero-order valence-corrected chi connectivity index (χ0v) is 12.7. The Kier molecular flexibility index (Phi) is 5.28. The quantitative estimate of drug-likeness (QED) is 0.836. The largest absolute Gasteiger partial charge is 0.379 e. The minimum absolute atomic E-state index is 0.305. The van der Waals surface area contributed by atoms with Gasteiger partial charge in [0, 0.05) is 31.9 Å². The summed E-state index contributed by atoms with van der Waals surface area (Å²) in [6.45, 7) is 5.08. The molecule has 1 aliphatic heterocycles. The molecule has 2 N–H and O–H groups in total. The summed E-state index contributed by atoms with van der Waals surface area (Å²) in [4.78, 5) is 6.64. The number of rotatable bonds is 6. The van der Waals surface area contributed by atoms with Crippen LogP contribution in [0.3, 0.4) is 0 Å². The van der Waals surface area contributed by atoms with Crippen molar-refractivity contribution in [2.24, 2.45) is 0 Å². The van der Waals surface area contributed by atoms with Gasteiger partial charge in [-0.05, 0) is 18.2 Å². The molecule has 122 valence electrons. The molecule has 1 aromatic heterocycles. The molecule has 0 aliphatic carbocycles. The normalized spacial score (nSPS) is 15.3. The molecule has 0 radical (unpaired) electrons. The molecule has 7 nitrogen and oxygen atoms in total. The van der Waals surface area contributed by atoms with Crippen molar-refractivity contribution < 1.29 is 9.13 Å². The smallest absolute Gasteiger partial charge is 0.244 e. The molecule has 2 heterocycles. The van der Waals surface area contributed by atoms with Crippen molar-refractivity contribution in [2.75, 3.05) is 50.0 Å². The van der Waals surface area contributed by atoms with Crippen molar-refractivity contribution in [3.63, 3.8) is 0 Å². The minimum atomic E-state index is -0.305. The van der Waals surface area contributed by atoms with E-state index in [1.807, 2.05) is 0 Å². The molecule has 0 atom stereocenters. The van der Waals surface area contributed by atoms with Crippen molar-refractivity contribution in [2.45, 2.75) is 0 Å². The van der Waals surface area contributed by atoms with Gasteiger partial charge < -0.3 is 15.4 Å². The summed E-state index contributed by atoms with van der Waals surface area (Å²) in [5, 5.41) is 14.0. The molecule has 1 aromatic carbocycles. The van der Waals surface area contributed by atoms with Gasteiger partial charge in [0.15, 0.2) is 5.82 Å². The second-order valence-corrected chi connectivity index (χ2v) is 5.18. The lowest BCUT2D eigenvalue weighted by Crippen LogP contribution is -2.39. The molecule has 1 fully saturated rings. The highest BCUT2D eigenvalue weighted by Gasteiger charge is 2.09. The molecule has 2 aromatic rings. The fourth-order valence-corrected chi connectivity index (χ4v) is 2.30. The summed E-state index contributed by atoms with van der Waals surface area (Å²) in [5.74, 6) is 0.653. The van der Waals surface area contributed by atoms with Gasteiger partial charge in [0.1, 0.15) is 5.82 Å².